The maximum atomic E-state index is 13.9. The van der Waals surface area contributed by atoms with Gasteiger partial charge in [-0.15, -0.1) is 0 Å². The lowest BCUT2D eigenvalue weighted by Crippen LogP contribution is -2.32. The summed E-state index contributed by atoms with van der Waals surface area (Å²) >= 11 is 0. The van der Waals surface area contributed by atoms with Gasteiger partial charge >= 0.3 is 5.97 Å². The van der Waals surface area contributed by atoms with Crippen molar-refractivity contribution in [3.63, 3.8) is 0 Å². The standard InChI is InChI=1S/C21H20F2N2O4/c22-16-6-2-1-5-14(16)9-10-24-19(26)13-29-21(28)15-11-20(27)25(12-15)18-8-4-3-7-17(18)23/h1-8,15H,9-13H2,(H,24,26)/t15-/m1/s1. The quantitative estimate of drug-likeness (QED) is 0.721. The normalized spacial score (nSPS) is 16.0. The molecule has 1 fully saturated rings. The average molecular weight is 402 g/mol. The molecule has 2 amide bonds. The van der Waals surface area contributed by atoms with Crippen molar-refractivity contribution in [3.05, 3.63) is 65.7 Å². The number of esters is 1. The van der Waals surface area contributed by atoms with Gasteiger partial charge in [0.05, 0.1) is 11.6 Å². The van der Waals surface area contributed by atoms with Gasteiger partial charge in [-0.2, -0.15) is 0 Å². The summed E-state index contributed by atoms with van der Waals surface area (Å²) in [6, 6.07) is 12.1. The molecule has 0 aromatic heterocycles. The number of hydrogen-bond acceptors (Lipinski definition) is 4. The lowest BCUT2D eigenvalue weighted by Gasteiger charge is -2.17. The molecule has 2 aromatic carbocycles. The Morgan fingerprint density at radius 2 is 1.76 bits per heavy atom. The van der Waals surface area contributed by atoms with Crippen molar-refractivity contribution in [2.24, 2.45) is 5.92 Å². The predicted octanol–water partition coefficient (Wildman–Crippen LogP) is 2.22. The number of rotatable bonds is 7. The average Bonchev–Trinajstić information content (AvgIpc) is 3.09. The number of halogens is 2. The molecule has 1 heterocycles. The Balaban J connectivity index is 1.43. The largest absolute Gasteiger partial charge is 0.455 e. The van der Waals surface area contributed by atoms with Gasteiger partial charge in [-0.25, -0.2) is 8.78 Å². The number of carbonyl (C=O) groups excluding carboxylic acids is 3. The molecule has 2 aromatic rings. The van der Waals surface area contributed by atoms with Crippen molar-refractivity contribution < 1.29 is 27.9 Å². The Bertz CT molecular complexity index is 919. The fourth-order valence-corrected chi connectivity index (χ4v) is 3.11. The number of benzene rings is 2. The molecule has 8 heteroatoms. The molecule has 6 nitrogen and oxygen atoms in total. The summed E-state index contributed by atoms with van der Waals surface area (Å²) in [4.78, 5) is 37.3. The molecule has 152 valence electrons. The molecule has 0 radical (unpaired) electrons. The maximum absolute atomic E-state index is 13.9. The molecule has 0 saturated carbocycles. The highest BCUT2D eigenvalue weighted by atomic mass is 19.1. The minimum Gasteiger partial charge on any atom is -0.455 e. The van der Waals surface area contributed by atoms with Crippen molar-refractivity contribution in [2.75, 3.05) is 24.6 Å². The maximum Gasteiger partial charge on any atom is 0.311 e. The molecule has 3 rings (SSSR count). The monoisotopic (exact) mass is 402 g/mol. The summed E-state index contributed by atoms with van der Waals surface area (Å²) in [6.45, 7) is -0.311. The summed E-state index contributed by atoms with van der Waals surface area (Å²) in [7, 11) is 0. The van der Waals surface area contributed by atoms with Gasteiger partial charge in [-0.05, 0) is 30.2 Å². The number of amides is 2. The molecule has 1 atom stereocenters. The number of carbonyl (C=O) groups is 3. The molecular weight excluding hydrogens is 382 g/mol. The van der Waals surface area contributed by atoms with Gasteiger partial charge in [-0.3, -0.25) is 14.4 Å². The highest BCUT2D eigenvalue weighted by molar-refractivity contribution is 5.99. The smallest absolute Gasteiger partial charge is 0.311 e. The predicted molar refractivity (Wildman–Crippen MR) is 101 cm³/mol. The second-order valence-electron chi connectivity index (χ2n) is 6.66. The van der Waals surface area contributed by atoms with Crippen molar-refractivity contribution in [3.8, 4) is 0 Å². The van der Waals surface area contributed by atoms with E-state index in [1.165, 1.54) is 29.2 Å². The Morgan fingerprint density at radius 1 is 1.07 bits per heavy atom. The van der Waals surface area contributed by atoms with Gasteiger partial charge in [-0.1, -0.05) is 30.3 Å². The Kier molecular flexibility index (Phi) is 6.54. The van der Waals surface area contributed by atoms with Crippen LogP contribution >= 0.6 is 0 Å². The van der Waals surface area contributed by atoms with Crippen LogP contribution in [0.3, 0.4) is 0 Å². The van der Waals surface area contributed by atoms with E-state index in [0.29, 0.717) is 12.0 Å². The van der Waals surface area contributed by atoms with Crippen LogP contribution in [0, 0.1) is 17.6 Å². The molecule has 0 aliphatic carbocycles. The second kappa shape index (κ2) is 9.27. The van der Waals surface area contributed by atoms with E-state index in [0.717, 1.165) is 0 Å². The lowest BCUT2D eigenvalue weighted by molar-refractivity contribution is -0.152. The first-order valence-corrected chi connectivity index (χ1v) is 9.17. The van der Waals surface area contributed by atoms with Crippen molar-refractivity contribution >= 4 is 23.5 Å². The summed E-state index contributed by atoms with van der Waals surface area (Å²) in [5.74, 6) is -3.27. The first-order valence-electron chi connectivity index (χ1n) is 9.17. The minimum atomic E-state index is -0.770. The number of anilines is 1. The third-order valence-corrected chi connectivity index (χ3v) is 4.62. The summed E-state index contributed by atoms with van der Waals surface area (Å²) in [5, 5.41) is 2.55. The molecule has 1 N–H and O–H groups in total. The highest BCUT2D eigenvalue weighted by Crippen LogP contribution is 2.27. The molecule has 29 heavy (non-hydrogen) atoms. The van der Waals surface area contributed by atoms with E-state index >= 15 is 0 Å². The van der Waals surface area contributed by atoms with E-state index in [-0.39, 0.29) is 36.9 Å². The third-order valence-electron chi connectivity index (χ3n) is 4.62. The number of ether oxygens (including phenoxy) is 1. The first kappa shape index (κ1) is 20.4. The minimum absolute atomic E-state index is 0.00645. The Morgan fingerprint density at radius 3 is 2.48 bits per heavy atom. The van der Waals surface area contributed by atoms with E-state index in [2.05, 4.69) is 5.32 Å². The number of nitrogens with one attached hydrogen (secondary N) is 1. The molecule has 0 bridgehead atoms. The van der Waals surface area contributed by atoms with Gasteiger partial charge in [0.2, 0.25) is 5.91 Å². The number of nitrogens with zero attached hydrogens (tertiary/aromatic N) is 1. The van der Waals surface area contributed by atoms with Crippen molar-refractivity contribution in [1.29, 1.82) is 0 Å². The topological polar surface area (TPSA) is 75.7 Å². The van der Waals surface area contributed by atoms with Gasteiger partial charge in [0.25, 0.3) is 5.91 Å². The van der Waals surface area contributed by atoms with E-state index < -0.39 is 30.2 Å². The highest BCUT2D eigenvalue weighted by Gasteiger charge is 2.37. The van der Waals surface area contributed by atoms with Crippen molar-refractivity contribution in [1.82, 2.24) is 5.32 Å². The zero-order valence-corrected chi connectivity index (χ0v) is 15.6. The number of hydrogen-bond donors (Lipinski definition) is 1. The van der Waals surface area contributed by atoms with Crippen LogP contribution in [0.25, 0.3) is 0 Å². The summed E-state index contributed by atoms with van der Waals surface area (Å²) in [5.41, 5.74) is 0.584. The van der Waals surface area contributed by atoms with Crippen LogP contribution in [0.15, 0.2) is 48.5 Å². The van der Waals surface area contributed by atoms with E-state index in [9.17, 15) is 23.2 Å². The molecule has 0 unspecified atom stereocenters. The third kappa shape index (κ3) is 5.16. The Hall–Kier alpha value is -3.29. The number of para-hydroxylation sites is 1. The molecule has 1 aliphatic rings. The fraction of sp³-hybridized carbons (Fsp3) is 0.286. The van der Waals surface area contributed by atoms with Gasteiger partial charge in [0.15, 0.2) is 6.61 Å². The molecule has 1 saturated heterocycles. The van der Waals surface area contributed by atoms with Crippen LogP contribution in [-0.2, 0) is 25.5 Å². The van der Waals surface area contributed by atoms with Crippen LogP contribution in [-0.4, -0.2) is 37.5 Å². The first-order chi connectivity index (χ1) is 14.0. The molecule has 1 aliphatic heterocycles. The van der Waals surface area contributed by atoms with Crippen LogP contribution in [0.1, 0.15) is 12.0 Å². The fourth-order valence-electron chi connectivity index (χ4n) is 3.11. The zero-order valence-electron chi connectivity index (χ0n) is 15.6. The van der Waals surface area contributed by atoms with Gasteiger partial charge < -0.3 is 15.0 Å². The van der Waals surface area contributed by atoms with Crippen LogP contribution in [0.4, 0.5) is 14.5 Å². The Labute approximate surface area is 166 Å². The SMILES string of the molecule is O=C(COC(=O)[C@@H]1CC(=O)N(c2ccccc2F)C1)NCCc1ccccc1F. The van der Waals surface area contributed by atoms with E-state index in [4.69, 9.17) is 4.74 Å². The second-order valence-corrected chi connectivity index (χ2v) is 6.66. The van der Waals surface area contributed by atoms with E-state index in [1.54, 1.807) is 24.3 Å². The van der Waals surface area contributed by atoms with Crippen LogP contribution < -0.4 is 10.2 Å². The van der Waals surface area contributed by atoms with Crippen LogP contribution in [0.2, 0.25) is 0 Å². The molecule has 0 spiro atoms. The van der Waals surface area contributed by atoms with Crippen molar-refractivity contribution in [2.45, 2.75) is 12.8 Å². The van der Waals surface area contributed by atoms with Gasteiger partial charge in [0, 0.05) is 19.5 Å². The zero-order chi connectivity index (χ0) is 20.8. The lowest BCUT2D eigenvalue weighted by atomic mass is 10.1. The summed E-state index contributed by atoms with van der Waals surface area (Å²) < 4.78 is 32.4. The van der Waals surface area contributed by atoms with Crippen LogP contribution in [0.5, 0.6) is 0 Å². The molecular formula is C21H20F2N2O4. The van der Waals surface area contributed by atoms with Gasteiger partial charge in [0.1, 0.15) is 11.6 Å². The van der Waals surface area contributed by atoms with E-state index in [1.807, 2.05) is 0 Å². The summed E-state index contributed by atoms with van der Waals surface area (Å²) in [6.07, 6.45) is 0.198.